The van der Waals surface area contributed by atoms with E-state index in [9.17, 15) is 4.79 Å². The van der Waals surface area contributed by atoms with Crippen LogP contribution in [0.5, 0.6) is 5.75 Å². The standard InChI is InChI=1S/C22H18Cl2N4O3/c1-14-18(13-30-17-8-6-16(23)7-9-17)21(27-31-14)22(29)25-20-10-11-28(26-20)12-15-4-2-3-5-19(15)24/h2-11H,12-13H2,1H3,(H,25,26,29). The number of carbonyl (C=O) groups is 1. The van der Waals surface area contributed by atoms with Gasteiger partial charge in [-0.15, -0.1) is 0 Å². The van der Waals surface area contributed by atoms with Gasteiger partial charge in [0.1, 0.15) is 18.1 Å². The second-order valence-electron chi connectivity index (χ2n) is 6.75. The van der Waals surface area contributed by atoms with Gasteiger partial charge in [0.2, 0.25) is 0 Å². The Labute approximate surface area is 188 Å². The monoisotopic (exact) mass is 456 g/mol. The van der Waals surface area contributed by atoms with Gasteiger partial charge in [-0.2, -0.15) is 5.10 Å². The number of hydrogen-bond donors (Lipinski definition) is 1. The van der Waals surface area contributed by atoms with Crippen LogP contribution in [0.15, 0.2) is 65.3 Å². The normalized spacial score (nSPS) is 10.8. The smallest absolute Gasteiger partial charge is 0.279 e. The molecule has 0 bridgehead atoms. The largest absolute Gasteiger partial charge is 0.489 e. The van der Waals surface area contributed by atoms with E-state index in [0.717, 1.165) is 5.56 Å². The minimum atomic E-state index is -0.436. The van der Waals surface area contributed by atoms with Crippen molar-refractivity contribution < 1.29 is 14.1 Å². The lowest BCUT2D eigenvalue weighted by Gasteiger charge is -2.07. The van der Waals surface area contributed by atoms with Crippen molar-refractivity contribution in [1.82, 2.24) is 14.9 Å². The first-order valence-corrected chi connectivity index (χ1v) is 10.2. The molecule has 1 amide bonds. The summed E-state index contributed by atoms with van der Waals surface area (Å²) in [6, 6.07) is 16.2. The van der Waals surface area contributed by atoms with Gasteiger partial charge in [0.05, 0.1) is 12.1 Å². The third-order valence-corrected chi connectivity index (χ3v) is 5.19. The first kappa shape index (κ1) is 21.0. The van der Waals surface area contributed by atoms with Crippen LogP contribution in [0.2, 0.25) is 10.0 Å². The van der Waals surface area contributed by atoms with Gasteiger partial charge >= 0.3 is 0 Å². The summed E-state index contributed by atoms with van der Waals surface area (Å²) in [5.74, 6) is 1.08. The average Bonchev–Trinajstić information content (AvgIpc) is 3.35. The zero-order valence-electron chi connectivity index (χ0n) is 16.5. The Hall–Kier alpha value is -3.29. The van der Waals surface area contributed by atoms with E-state index in [4.69, 9.17) is 32.5 Å². The lowest BCUT2D eigenvalue weighted by molar-refractivity contribution is 0.101. The van der Waals surface area contributed by atoms with Gasteiger partial charge in [-0.1, -0.05) is 46.6 Å². The van der Waals surface area contributed by atoms with Crippen molar-refractivity contribution in [2.75, 3.05) is 5.32 Å². The number of halogens is 2. The Morgan fingerprint density at radius 1 is 1.13 bits per heavy atom. The quantitative estimate of drug-likeness (QED) is 0.404. The first-order valence-electron chi connectivity index (χ1n) is 9.41. The molecule has 2 aromatic heterocycles. The van der Waals surface area contributed by atoms with Crippen LogP contribution in [0.3, 0.4) is 0 Å². The molecule has 0 fully saturated rings. The molecule has 0 saturated heterocycles. The Morgan fingerprint density at radius 2 is 1.90 bits per heavy atom. The number of nitrogens with zero attached hydrogens (tertiary/aromatic N) is 3. The SMILES string of the molecule is Cc1onc(C(=O)Nc2ccn(Cc3ccccc3Cl)n2)c1COc1ccc(Cl)cc1. The van der Waals surface area contributed by atoms with Crippen LogP contribution in [0, 0.1) is 6.92 Å². The van der Waals surface area contributed by atoms with Crippen molar-refractivity contribution in [3.05, 3.63) is 93.4 Å². The highest BCUT2D eigenvalue weighted by Crippen LogP contribution is 2.21. The zero-order valence-corrected chi connectivity index (χ0v) is 18.0. The van der Waals surface area contributed by atoms with Gasteiger partial charge < -0.3 is 14.6 Å². The Morgan fingerprint density at radius 3 is 2.68 bits per heavy atom. The second kappa shape index (κ2) is 9.24. The Balaban J connectivity index is 1.43. The number of rotatable bonds is 7. The predicted molar refractivity (Wildman–Crippen MR) is 118 cm³/mol. The van der Waals surface area contributed by atoms with Crippen molar-refractivity contribution in [3.63, 3.8) is 0 Å². The highest BCUT2D eigenvalue weighted by molar-refractivity contribution is 6.31. The van der Waals surface area contributed by atoms with Gasteiger partial charge in [-0.05, 0) is 42.8 Å². The number of aryl methyl sites for hydroxylation is 1. The number of nitrogens with one attached hydrogen (secondary N) is 1. The number of hydrogen-bond acceptors (Lipinski definition) is 5. The molecule has 0 radical (unpaired) electrons. The first-order chi connectivity index (χ1) is 15.0. The lowest BCUT2D eigenvalue weighted by Crippen LogP contribution is -2.16. The number of benzene rings is 2. The molecule has 31 heavy (non-hydrogen) atoms. The van der Waals surface area contributed by atoms with Crippen molar-refractivity contribution >= 4 is 34.9 Å². The molecule has 4 rings (SSSR count). The molecule has 4 aromatic rings. The molecule has 0 saturated carbocycles. The minimum Gasteiger partial charge on any atom is -0.489 e. The fourth-order valence-corrected chi connectivity index (χ4v) is 3.24. The molecule has 2 heterocycles. The topological polar surface area (TPSA) is 82.2 Å². The Kier molecular flexibility index (Phi) is 6.25. The van der Waals surface area contributed by atoms with E-state index in [1.165, 1.54) is 0 Å². The van der Waals surface area contributed by atoms with Crippen molar-refractivity contribution in [2.45, 2.75) is 20.1 Å². The summed E-state index contributed by atoms with van der Waals surface area (Å²) in [4.78, 5) is 12.7. The average molecular weight is 457 g/mol. The second-order valence-corrected chi connectivity index (χ2v) is 7.60. The molecule has 1 N–H and O–H groups in total. The van der Waals surface area contributed by atoms with Gasteiger partial charge in [0.15, 0.2) is 11.5 Å². The Bertz CT molecular complexity index is 1200. The van der Waals surface area contributed by atoms with Crippen LogP contribution in [0.1, 0.15) is 27.4 Å². The van der Waals surface area contributed by atoms with Crippen LogP contribution in [-0.4, -0.2) is 20.8 Å². The molecule has 0 spiro atoms. The number of carbonyl (C=O) groups excluding carboxylic acids is 1. The molecule has 7 nitrogen and oxygen atoms in total. The van der Waals surface area contributed by atoms with E-state index in [-0.39, 0.29) is 12.3 Å². The van der Waals surface area contributed by atoms with E-state index in [1.807, 2.05) is 24.3 Å². The van der Waals surface area contributed by atoms with E-state index in [1.54, 1.807) is 48.1 Å². The molecule has 0 aliphatic carbocycles. The lowest BCUT2D eigenvalue weighted by atomic mass is 10.2. The molecular weight excluding hydrogens is 439 g/mol. The van der Waals surface area contributed by atoms with Gasteiger partial charge in [0, 0.05) is 22.3 Å². The van der Waals surface area contributed by atoms with E-state index < -0.39 is 5.91 Å². The van der Waals surface area contributed by atoms with Crippen LogP contribution < -0.4 is 10.1 Å². The summed E-state index contributed by atoms with van der Waals surface area (Å²) in [7, 11) is 0. The van der Waals surface area contributed by atoms with Crippen LogP contribution in [0.25, 0.3) is 0 Å². The molecule has 158 valence electrons. The molecule has 0 atom stereocenters. The molecule has 9 heteroatoms. The maximum atomic E-state index is 12.7. The highest BCUT2D eigenvalue weighted by atomic mass is 35.5. The van der Waals surface area contributed by atoms with Gasteiger partial charge in [-0.3, -0.25) is 9.48 Å². The summed E-state index contributed by atoms with van der Waals surface area (Å²) in [5.41, 5.74) is 1.63. The summed E-state index contributed by atoms with van der Waals surface area (Å²) < 4.78 is 12.6. The third kappa shape index (κ3) is 5.07. The zero-order chi connectivity index (χ0) is 21.8. The molecule has 0 unspecified atom stereocenters. The van der Waals surface area contributed by atoms with Gasteiger partial charge in [-0.25, -0.2) is 0 Å². The maximum Gasteiger partial charge on any atom is 0.279 e. The highest BCUT2D eigenvalue weighted by Gasteiger charge is 2.21. The van der Waals surface area contributed by atoms with E-state index in [2.05, 4.69) is 15.6 Å². The maximum absolute atomic E-state index is 12.7. The summed E-state index contributed by atoms with van der Waals surface area (Å²) >= 11 is 12.1. The third-order valence-electron chi connectivity index (χ3n) is 4.57. The van der Waals surface area contributed by atoms with Crippen molar-refractivity contribution in [3.8, 4) is 5.75 Å². The fraction of sp³-hybridized carbons (Fsp3) is 0.136. The van der Waals surface area contributed by atoms with Crippen LogP contribution >= 0.6 is 23.2 Å². The summed E-state index contributed by atoms with van der Waals surface area (Å²) in [5, 5.41) is 12.3. The van der Waals surface area contributed by atoms with Gasteiger partial charge in [0.25, 0.3) is 5.91 Å². The number of anilines is 1. The summed E-state index contributed by atoms with van der Waals surface area (Å²) in [6.07, 6.45) is 1.76. The molecular formula is C22H18Cl2N4O3. The van der Waals surface area contributed by atoms with Crippen molar-refractivity contribution in [1.29, 1.82) is 0 Å². The van der Waals surface area contributed by atoms with Crippen LogP contribution in [-0.2, 0) is 13.2 Å². The number of aromatic nitrogens is 3. The molecule has 0 aliphatic heterocycles. The van der Waals surface area contributed by atoms with Crippen LogP contribution in [0.4, 0.5) is 5.82 Å². The summed E-state index contributed by atoms with van der Waals surface area (Å²) in [6.45, 7) is 2.34. The van der Waals surface area contributed by atoms with E-state index >= 15 is 0 Å². The van der Waals surface area contributed by atoms with E-state index in [0.29, 0.717) is 39.5 Å². The minimum absolute atomic E-state index is 0.126. The van der Waals surface area contributed by atoms with Crippen molar-refractivity contribution in [2.24, 2.45) is 0 Å². The number of ether oxygens (including phenoxy) is 1. The fourth-order valence-electron chi connectivity index (χ4n) is 2.92. The number of amides is 1. The predicted octanol–water partition coefficient (Wildman–Crippen LogP) is 5.37. The molecule has 2 aromatic carbocycles. The molecule has 0 aliphatic rings.